The Balaban J connectivity index is 3.94. The van der Waals surface area contributed by atoms with Gasteiger partial charge in [0.2, 0.25) is 5.91 Å². The summed E-state index contributed by atoms with van der Waals surface area (Å²) in [6.45, 7) is 4.78. The molecule has 9 heteroatoms. The number of aliphatic hydroxyl groups is 1. The third-order valence-electron chi connectivity index (χ3n) is 15.8. The number of carbonyl (C=O) groups excluding carboxylic acids is 1. The molecule has 0 bridgehead atoms. The fourth-order valence-corrected chi connectivity index (χ4v) is 11.2. The molecule has 0 radical (unpaired) electrons. The number of hydrogen-bond donors (Lipinski definition) is 2. The van der Waals surface area contributed by atoms with E-state index in [-0.39, 0.29) is 19.1 Å². The quantitative estimate of drug-likeness (QED) is 0.0272. The number of nitrogens with one attached hydrogen (secondary N) is 1. The molecule has 0 heterocycles. The SMILES string of the molecule is CCCCCCCCCCCCCCCC/C=C\CCCCCCCCCCCCCCCCCCCC(=O)NC(COP(=O)([O-])OCC[N+](C)(C)C)C(O)CCCCCCCCCCCCCCCCCCCC. The summed E-state index contributed by atoms with van der Waals surface area (Å²) in [4.78, 5) is 25.6. The minimum Gasteiger partial charge on any atom is -0.756 e. The number of likely N-dealkylation sites (N-methyl/N-ethyl adjacent to an activating group) is 1. The molecule has 0 aliphatic heterocycles. The summed E-state index contributed by atoms with van der Waals surface area (Å²) in [6, 6.07) is -0.798. The van der Waals surface area contributed by atoms with Gasteiger partial charge in [-0.2, -0.15) is 0 Å². The van der Waals surface area contributed by atoms with Crippen molar-refractivity contribution >= 4 is 13.7 Å². The summed E-state index contributed by atoms with van der Waals surface area (Å²) in [7, 11) is 1.32. The Kier molecular flexibility index (Phi) is 57.3. The number of aliphatic hydroxyl groups excluding tert-OH is 1. The molecule has 1 amide bonds. The van der Waals surface area contributed by atoms with E-state index in [1.54, 1.807) is 0 Å². The fourth-order valence-electron chi connectivity index (χ4n) is 10.5. The van der Waals surface area contributed by atoms with Crippen molar-refractivity contribution in [3.05, 3.63) is 12.2 Å². The topological polar surface area (TPSA) is 108 Å². The second kappa shape index (κ2) is 57.9. The highest BCUT2D eigenvalue weighted by atomic mass is 31.2. The third-order valence-corrected chi connectivity index (χ3v) is 16.7. The van der Waals surface area contributed by atoms with Crippen LogP contribution in [0.25, 0.3) is 0 Å². The van der Waals surface area contributed by atoms with Crippen LogP contribution in [0.4, 0.5) is 0 Å². The Labute approximate surface area is 469 Å². The molecule has 0 spiro atoms. The van der Waals surface area contributed by atoms with Gasteiger partial charge in [0.25, 0.3) is 7.82 Å². The summed E-state index contributed by atoms with van der Waals surface area (Å²) in [5.41, 5.74) is 0. The van der Waals surface area contributed by atoms with Crippen molar-refractivity contribution in [1.82, 2.24) is 5.32 Å². The van der Waals surface area contributed by atoms with Crippen LogP contribution in [-0.2, 0) is 18.4 Å². The number of rotatable bonds is 63. The van der Waals surface area contributed by atoms with Gasteiger partial charge >= 0.3 is 0 Å². The van der Waals surface area contributed by atoms with E-state index < -0.39 is 20.0 Å². The number of phosphoric acid groups is 1. The van der Waals surface area contributed by atoms with E-state index in [1.165, 1.54) is 289 Å². The van der Waals surface area contributed by atoms with Crippen LogP contribution in [-0.4, -0.2) is 68.5 Å². The van der Waals surface area contributed by atoms with Crippen molar-refractivity contribution in [2.24, 2.45) is 0 Å². The van der Waals surface area contributed by atoms with Crippen LogP contribution >= 0.6 is 7.82 Å². The number of allylic oxidation sites excluding steroid dienone is 2. The molecule has 0 rings (SSSR count). The highest BCUT2D eigenvalue weighted by Gasteiger charge is 2.24. The van der Waals surface area contributed by atoms with Gasteiger partial charge in [0.15, 0.2) is 0 Å². The zero-order chi connectivity index (χ0) is 54.9. The molecule has 75 heavy (non-hydrogen) atoms. The predicted molar refractivity (Wildman–Crippen MR) is 326 cm³/mol. The van der Waals surface area contributed by atoms with Gasteiger partial charge in [0.1, 0.15) is 13.2 Å². The molecule has 3 unspecified atom stereocenters. The first kappa shape index (κ1) is 74.2. The average molecular weight is 1080 g/mol. The second-order valence-electron chi connectivity index (χ2n) is 24.5. The first-order valence-electron chi connectivity index (χ1n) is 33.5. The van der Waals surface area contributed by atoms with E-state index in [1.807, 2.05) is 21.1 Å². The van der Waals surface area contributed by atoms with E-state index in [0.29, 0.717) is 23.9 Å². The molecular formula is C66H133N2O6P. The standard InChI is InChI=1S/C66H133N2O6P/c1-6-8-10-12-14-16-18-20-22-24-26-27-28-29-30-31-32-33-34-35-36-37-38-39-40-41-42-44-46-48-50-52-54-56-58-60-66(70)67-64(63-74-75(71,72)73-62-61-68(3,4)5)65(69)59-57-55-53-51-49-47-45-43-25-23-21-19-17-15-13-11-9-7-2/h31-32,64-65,69H,6-30,33-63H2,1-5H3,(H-,67,70,71,72)/b32-31-. The summed E-state index contributed by atoms with van der Waals surface area (Å²) >= 11 is 0. The monoisotopic (exact) mass is 1080 g/mol. The van der Waals surface area contributed by atoms with Crippen LogP contribution in [0.1, 0.15) is 354 Å². The van der Waals surface area contributed by atoms with Crippen LogP contribution in [0.3, 0.4) is 0 Å². The molecule has 0 saturated carbocycles. The largest absolute Gasteiger partial charge is 0.756 e. The van der Waals surface area contributed by atoms with Crippen LogP contribution in [0.5, 0.6) is 0 Å². The van der Waals surface area contributed by atoms with Crippen molar-refractivity contribution in [2.75, 3.05) is 40.9 Å². The Bertz CT molecular complexity index is 1230. The minimum absolute atomic E-state index is 0.0156. The lowest BCUT2D eigenvalue weighted by atomic mass is 10.0. The Morgan fingerprint density at radius 2 is 0.733 bits per heavy atom. The number of phosphoric ester groups is 1. The van der Waals surface area contributed by atoms with Gasteiger partial charge in [-0.05, 0) is 38.5 Å². The van der Waals surface area contributed by atoms with Gasteiger partial charge in [-0.3, -0.25) is 9.36 Å². The van der Waals surface area contributed by atoms with Crippen LogP contribution < -0.4 is 10.2 Å². The van der Waals surface area contributed by atoms with Crippen molar-refractivity contribution < 1.29 is 32.9 Å². The maximum absolute atomic E-state index is 13.0. The summed E-state index contributed by atoms with van der Waals surface area (Å²) in [5.74, 6) is -0.157. The van der Waals surface area contributed by atoms with Gasteiger partial charge in [-0.15, -0.1) is 0 Å². The number of carbonyl (C=O) groups is 1. The fraction of sp³-hybridized carbons (Fsp3) is 0.955. The molecule has 0 aromatic carbocycles. The van der Waals surface area contributed by atoms with Crippen LogP contribution in [0.2, 0.25) is 0 Å². The summed E-state index contributed by atoms with van der Waals surface area (Å²) in [6.07, 6.45) is 72.8. The number of quaternary nitrogens is 1. The van der Waals surface area contributed by atoms with Crippen LogP contribution in [0, 0.1) is 0 Å². The van der Waals surface area contributed by atoms with Crippen LogP contribution in [0.15, 0.2) is 12.2 Å². The normalized spacial score (nSPS) is 13.7. The first-order chi connectivity index (χ1) is 36.5. The molecule has 0 aromatic rings. The molecule has 3 atom stereocenters. The second-order valence-corrected chi connectivity index (χ2v) is 25.9. The van der Waals surface area contributed by atoms with Crippen molar-refractivity contribution in [1.29, 1.82) is 0 Å². The lowest BCUT2D eigenvalue weighted by Gasteiger charge is -2.30. The first-order valence-corrected chi connectivity index (χ1v) is 35.0. The van der Waals surface area contributed by atoms with E-state index >= 15 is 0 Å². The Morgan fingerprint density at radius 3 is 1.04 bits per heavy atom. The highest BCUT2D eigenvalue weighted by Crippen LogP contribution is 2.38. The highest BCUT2D eigenvalue weighted by molar-refractivity contribution is 7.45. The predicted octanol–water partition coefficient (Wildman–Crippen LogP) is 20.3. The van der Waals surface area contributed by atoms with Gasteiger partial charge < -0.3 is 28.8 Å². The maximum Gasteiger partial charge on any atom is 0.268 e. The number of nitrogens with zero attached hydrogens (tertiary/aromatic N) is 1. The maximum atomic E-state index is 13.0. The van der Waals surface area contributed by atoms with Crippen molar-refractivity contribution in [3.63, 3.8) is 0 Å². The Morgan fingerprint density at radius 1 is 0.453 bits per heavy atom. The van der Waals surface area contributed by atoms with E-state index in [2.05, 4.69) is 31.3 Å². The van der Waals surface area contributed by atoms with Gasteiger partial charge in [0, 0.05) is 6.42 Å². The van der Waals surface area contributed by atoms with Gasteiger partial charge in [-0.25, -0.2) is 0 Å². The molecule has 0 fully saturated rings. The van der Waals surface area contributed by atoms with E-state index in [9.17, 15) is 19.4 Å². The third kappa shape index (κ3) is 60.7. The average Bonchev–Trinajstić information content (AvgIpc) is 3.37. The summed E-state index contributed by atoms with van der Waals surface area (Å²) in [5, 5.41) is 14.1. The minimum atomic E-state index is -4.57. The number of hydrogen-bond acceptors (Lipinski definition) is 6. The zero-order valence-corrected chi connectivity index (χ0v) is 52.2. The lowest BCUT2D eigenvalue weighted by Crippen LogP contribution is -2.46. The molecule has 0 aliphatic carbocycles. The summed E-state index contributed by atoms with van der Waals surface area (Å²) < 4.78 is 23.5. The Hall–Kier alpha value is -0.760. The number of amides is 1. The van der Waals surface area contributed by atoms with Crippen molar-refractivity contribution in [2.45, 2.75) is 366 Å². The molecule has 2 N–H and O–H groups in total. The smallest absolute Gasteiger partial charge is 0.268 e. The lowest BCUT2D eigenvalue weighted by molar-refractivity contribution is -0.870. The van der Waals surface area contributed by atoms with E-state index in [0.717, 1.165) is 38.5 Å². The zero-order valence-electron chi connectivity index (χ0n) is 51.3. The molecular weight excluding hydrogens is 948 g/mol. The van der Waals surface area contributed by atoms with Gasteiger partial charge in [-0.1, -0.05) is 321 Å². The molecule has 0 aliphatic rings. The number of unbranched alkanes of at least 4 members (excludes halogenated alkanes) is 48. The van der Waals surface area contributed by atoms with Gasteiger partial charge in [0.05, 0.1) is 39.9 Å². The van der Waals surface area contributed by atoms with E-state index in [4.69, 9.17) is 9.05 Å². The molecule has 0 aromatic heterocycles. The molecule has 8 nitrogen and oxygen atoms in total. The van der Waals surface area contributed by atoms with Crippen molar-refractivity contribution in [3.8, 4) is 0 Å². The molecule has 448 valence electrons. The molecule has 0 saturated heterocycles.